The maximum Gasteiger partial charge on any atom is 0.294 e. The molecule has 0 saturated carbocycles. The van der Waals surface area contributed by atoms with Gasteiger partial charge in [-0.2, -0.15) is 8.42 Å². The molecule has 5 nitrogen and oxygen atoms in total. The summed E-state index contributed by atoms with van der Waals surface area (Å²) < 4.78 is 43.7. The average molecular weight is 332 g/mol. The lowest BCUT2D eigenvalue weighted by Crippen LogP contribution is -2.03. The molecule has 0 unspecified atom stereocenters. The van der Waals surface area contributed by atoms with Crippen LogP contribution >= 0.6 is 0 Å². The Hall–Kier alpha value is -2.31. The molecule has 120 valence electrons. The van der Waals surface area contributed by atoms with Gasteiger partial charge in [-0.05, 0) is 24.6 Å². The molecule has 0 aromatic heterocycles. The van der Waals surface area contributed by atoms with Gasteiger partial charge in [0.1, 0.15) is 11.5 Å². The number of benzene rings is 3. The number of fused-ring (bicyclic) bond motifs is 2. The van der Waals surface area contributed by atoms with Gasteiger partial charge >= 0.3 is 0 Å². The van der Waals surface area contributed by atoms with Crippen LogP contribution in [0.25, 0.3) is 21.5 Å². The molecule has 0 fully saturated rings. The van der Waals surface area contributed by atoms with Gasteiger partial charge in [-0.3, -0.25) is 4.55 Å². The van der Waals surface area contributed by atoms with Crippen LogP contribution in [-0.4, -0.2) is 27.2 Å². The molecule has 0 radical (unpaired) electrons. The first-order chi connectivity index (χ1) is 10.9. The fourth-order valence-corrected chi connectivity index (χ4v) is 3.77. The van der Waals surface area contributed by atoms with Crippen molar-refractivity contribution < 1.29 is 22.4 Å². The summed E-state index contributed by atoms with van der Waals surface area (Å²) in [5.41, 5.74) is 0.422. The number of rotatable bonds is 3. The number of aryl methyl sites for hydroxylation is 1. The fourth-order valence-electron chi connectivity index (χ4n) is 3.04. The molecular formula is C17H16O5S. The molecule has 1 N–H and O–H groups in total. The lowest BCUT2D eigenvalue weighted by Gasteiger charge is -2.17. The standard InChI is InChI=1S/C17H16O5S/c1-10-14(23(18,19)20)9-8-13-15(10)17(22-3)12-7-5-4-6-11(12)16(13)21-2/h4-9H,1-3H3,(H,18,19,20). The number of ether oxygens (including phenoxy) is 2. The predicted molar refractivity (Wildman–Crippen MR) is 89.1 cm³/mol. The molecule has 3 aromatic carbocycles. The van der Waals surface area contributed by atoms with E-state index in [0.717, 1.165) is 16.2 Å². The minimum atomic E-state index is -4.32. The Morgan fingerprint density at radius 1 is 0.870 bits per heavy atom. The summed E-state index contributed by atoms with van der Waals surface area (Å²) >= 11 is 0. The van der Waals surface area contributed by atoms with Crippen LogP contribution in [0.4, 0.5) is 0 Å². The van der Waals surface area contributed by atoms with Gasteiger partial charge in [0.25, 0.3) is 10.1 Å². The van der Waals surface area contributed by atoms with E-state index < -0.39 is 10.1 Å². The Morgan fingerprint density at radius 3 is 1.96 bits per heavy atom. The van der Waals surface area contributed by atoms with Crippen LogP contribution in [0.15, 0.2) is 41.3 Å². The fraction of sp³-hybridized carbons (Fsp3) is 0.176. The van der Waals surface area contributed by atoms with E-state index in [2.05, 4.69) is 0 Å². The Balaban J connectivity index is 2.64. The van der Waals surface area contributed by atoms with Crippen LogP contribution in [0.1, 0.15) is 5.56 Å². The van der Waals surface area contributed by atoms with Crippen LogP contribution in [0, 0.1) is 6.92 Å². The van der Waals surface area contributed by atoms with Crippen molar-refractivity contribution >= 4 is 31.7 Å². The third-order valence-electron chi connectivity index (χ3n) is 3.99. The second-order valence-electron chi connectivity index (χ2n) is 5.20. The maximum atomic E-state index is 11.6. The van der Waals surface area contributed by atoms with Crippen LogP contribution < -0.4 is 9.47 Å². The van der Waals surface area contributed by atoms with Gasteiger partial charge < -0.3 is 9.47 Å². The first-order valence-corrected chi connectivity index (χ1v) is 8.37. The van der Waals surface area contributed by atoms with Crippen molar-refractivity contribution in [2.75, 3.05) is 14.2 Å². The predicted octanol–water partition coefficient (Wildman–Crippen LogP) is 3.57. The molecule has 6 heteroatoms. The molecule has 23 heavy (non-hydrogen) atoms. The Bertz CT molecular complexity index is 1020. The highest BCUT2D eigenvalue weighted by Crippen LogP contribution is 2.44. The second-order valence-corrected chi connectivity index (χ2v) is 6.59. The van der Waals surface area contributed by atoms with Crippen LogP contribution in [0.5, 0.6) is 11.5 Å². The highest BCUT2D eigenvalue weighted by molar-refractivity contribution is 7.85. The van der Waals surface area contributed by atoms with Gasteiger partial charge in [-0.25, -0.2) is 0 Å². The van der Waals surface area contributed by atoms with Gasteiger partial charge in [0, 0.05) is 21.5 Å². The zero-order valence-corrected chi connectivity index (χ0v) is 13.8. The summed E-state index contributed by atoms with van der Waals surface area (Å²) in [6.45, 7) is 1.64. The van der Waals surface area contributed by atoms with E-state index in [1.807, 2.05) is 24.3 Å². The Morgan fingerprint density at radius 2 is 1.43 bits per heavy atom. The minimum absolute atomic E-state index is 0.138. The first kappa shape index (κ1) is 15.6. The van der Waals surface area contributed by atoms with Crippen molar-refractivity contribution in [3.05, 3.63) is 42.0 Å². The van der Waals surface area contributed by atoms with E-state index in [1.165, 1.54) is 13.2 Å². The van der Waals surface area contributed by atoms with Crippen LogP contribution in [0.3, 0.4) is 0 Å². The van der Waals surface area contributed by atoms with E-state index >= 15 is 0 Å². The van der Waals surface area contributed by atoms with Gasteiger partial charge in [-0.1, -0.05) is 24.3 Å². The van der Waals surface area contributed by atoms with E-state index in [0.29, 0.717) is 22.4 Å². The molecule has 3 rings (SSSR count). The normalized spacial score (nSPS) is 11.8. The third kappa shape index (κ3) is 2.31. The topological polar surface area (TPSA) is 72.8 Å². The first-order valence-electron chi connectivity index (χ1n) is 6.93. The van der Waals surface area contributed by atoms with Gasteiger partial charge in [-0.15, -0.1) is 0 Å². The quantitative estimate of drug-likeness (QED) is 0.586. The summed E-state index contributed by atoms with van der Waals surface area (Å²) in [4.78, 5) is -0.138. The lowest BCUT2D eigenvalue weighted by atomic mass is 9.97. The van der Waals surface area contributed by atoms with Crippen molar-refractivity contribution in [1.82, 2.24) is 0 Å². The molecule has 0 saturated heterocycles. The van der Waals surface area contributed by atoms with Crippen LogP contribution in [-0.2, 0) is 10.1 Å². The smallest absolute Gasteiger partial charge is 0.294 e. The zero-order valence-electron chi connectivity index (χ0n) is 13.0. The molecule has 0 spiro atoms. The van der Waals surface area contributed by atoms with Crippen molar-refractivity contribution in [2.24, 2.45) is 0 Å². The van der Waals surface area contributed by atoms with E-state index in [-0.39, 0.29) is 4.90 Å². The second kappa shape index (κ2) is 5.40. The molecule has 0 aliphatic heterocycles. The highest BCUT2D eigenvalue weighted by Gasteiger charge is 2.21. The average Bonchev–Trinajstić information content (AvgIpc) is 2.51. The zero-order chi connectivity index (χ0) is 16.8. The molecule has 3 aromatic rings. The Kier molecular flexibility index (Phi) is 3.66. The summed E-state index contributed by atoms with van der Waals surface area (Å²) in [5.74, 6) is 1.20. The summed E-state index contributed by atoms with van der Waals surface area (Å²) in [7, 11) is -1.22. The molecule has 0 aliphatic rings. The summed E-state index contributed by atoms with van der Waals surface area (Å²) in [6, 6.07) is 10.6. The summed E-state index contributed by atoms with van der Waals surface area (Å²) in [5, 5.41) is 3.03. The number of hydrogen-bond acceptors (Lipinski definition) is 4. The Labute approximate surface area is 134 Å². The van der Waals surface area contributed by atoms with Gasteiger partial charge in [0.15, 0.2) is 0 Å². The lowest BCUT2D eigenvalue weighted by molar-refractivity contribution is 0.417. The molecule has 0 aliphatic carbocycles. The number of methoxy groups -OCH3 is 2. The van der Waals surface area contributed by atoms with E-state index in [4.69, 9.17) is 9.47 Å². The van der Waals surface area contributed by atoms with Crippen molar-refractivity contribution in [3.63, 3.8) is 0 Å². The third-order valence-corrected chi connectivity index (χ3v) is 4.99. The molecule has 0 atom stereocenters. The largest absolute Gasteiger partial charge is 0.495 e. The van der Waals surface area contributed by atoms with E-state index in [1.54, 1.807) is 20.1 Å². The van der Waals surface area contributed by atoms with Crippen molar-refractivity contribution in [1.29, 1.82) is 0 Å². The van der Waals surface area contributed by atoms with E-state index in [9.17, 15) is 13.0 Å². The molecule has 0 amide bonds. The SMILES string of the molecule is COc1c2ccccc2c(OC)c2c(C)c(S(=O)(=O)O)ccc12. The molecule has 0 heterocycles. The highest BCUT2D eigenvalue weighted by atomic mass is 32.2. The van der Waals surface area contributed by atoms with Gasteiger partial charge in [0.2, 0.25) is 0 Å². The van der Waals surface area contributed by atoms with Crippen LogP contribution in [0.2, 0.25) is 0 Å². The minimum Gasteiger partial charge on any atom is -0.495 e. The monoisotopic (exact) mass is 332 g/mol. The molecule has 0 bridgehead atoms. The van der Waals surface area contributed by atoms with Gasteiger partial charge in [0.05, 0.1) is 19.1 Å². The molecular weight excluding hydrogens is 316 g/mol. The van der Waals surface area contributed by atoms with Crippen molar-refractivity contribution in [2.45, 2.75) is 11.8 Å². The van der Waals surface area contributed by atoms with Crippen molar-refractivity contribution in [3.8, 4) is 11.5 Å². The summed E-state index contributed by atoms with van der Waals surface area (Å²) in [6.07, 6.45) is 0. The maximum absolute atomic E-state index is 11.6. The number of hydrogen-bond donors (Lipinski definition) is 1.